The van der Waals surface area contributed by atoms with Crippen LogP contribution in [0.3, 0.4) is 0 Å². The molecule has 0 aliphatic carbocycles. The Labute approximate surface area is 172 Å². The molecule has 1 aromatic heterocycles. The number of ketones is 1. The highest BCUT2D eigenvalue weighted by Crippen LogP contribution is 2.24. The minimum Gasteiger partial charge on any atom is -0.508 e. The van der Waals surface area contributed by atoms with Gasteiger partial charge in [0.25, 0.3) is 5.56 Å². The molecule has 2 N–H and O–H groups in total. The number of aromatic hydroxyl groups is 2. The molecule has 0 saturated heterocycles. The maximum absolute atomic E-state index is 13.2. The predicted molar refractivity (Wildman–Crippen MR) is 114 cm³/mol. The minimum atomic E-state index is -0.374. The Bertz CT molecular complexity index is 1220. The van der Waals surface area contributed by atoms with Crippen LogP contribution in [-0.4, -0.2) is 25.4 Å². The number of rotatable bonds is 6. The van der Waals surface area contributed by atoms with E-state index >= 15 is 0 Å². The molecule has 0 fully saturated rings. The Balaban J connectivity index is 1.74. The third kappa shape index (κ3) is 3.63. The van der Waals surface area contributed by atoms with Gasteiger partial charge in [0, 0.05) is 12.0 Å². The van der Waals surface area contributed by atoms with Gasteiger partial charge in [-0.3, -0.25) is 9.59 Å². The quantitative estimate of drug-likeness (QED) is 0.482. The number of phenols is 1. The molecule has 0 radical (unpaired) electrons. The average molecular weight is 400 g/mol. The van der Waals surface area contributed by atoms with Gasteiger partial charge in [0.15, 0.2) is 5.78 Å². The van der Waals surface area contributed by atoms with E-state index in [0.717, 1.165) is 0 Å². The summed E-state index contributed by atoms with van der Waals surface area (Å²) in [5.74, 6) is -0.282. The normalized spacial score (nSPS) is 10.8. The van der Waals surface area contributed by atoms with Crippen molar-refractivity contribution in [2.45, 2.75) is 12.8 Å². The molecule has 0 aliphatic heterocycles. The van der Waals surface area contributed by atoms with Gasteiger partial charge >= 0.3 is 0 Å². The zero-order valence-electron chi connectivity index (χ0n) is 16.1. The molecule has 0 aliphatic rings. The zero-order chi connectivity index (χ0) is 21.1. The van der Waals surface area contributed by atoms with Gasteiger partial charge < -0.3 is 10.2 Å². The van der Waals surface area contributed by atoms with E-state index in [9.17, 15) is 19.8 Å². The van der Waals surface area contributed by atoms with Crippen molar-refractivity contribution in [2.24, 2.45) is 0 Å². The monoisotopic (exact) mass is 400 g/mol. The maximum Gasteiger partial charge on any atom is 0.278 e. The smallest absolute Gasteiger partial charge is 0.278 e. The van der Waals surface area contributed by atoms with Crippen molar-refractivity contribution < 1.29 is 15.0 Å². The first-order chi connectivity index (χ1) is 14.6. The highest BCUT2D eigenvalue weighted by atomic mass is 16.3. The second kappa shape index (κ2) is 8.13. The van der Waals surface area contributed by atoms with Crippen molar-refractivity contribution >= 4 is 5.78 Å². The van der Waals surface area contributed by atoms with Gasteiger partial charge in [-0.05, 0) is 55.0 Å². The van der Waals surface area contributed by atoms with Crippen LogP contribution in [0, 0.1) is 0 Å². The predicted octanol–water partition coefficient (Wildman–Crippen LogP) is 3.85. The van der Waals surface area contributed by atoms with Crippen molar-refractivity contribution in [2.75, 3.05) is 0 Å². The number of nitrogens with zero attached hydrogens (tertiary/aromatic N) is 2. The van der Waals surface area contributed by atoms with Crippen LogP contribution < -0.4 is 5.56 Å². The first kappa shape index (κ1) is 19.3. The Hall–Kier alpha value is -4.06. The number of carbonyl (C=O) groups excluding carboxylic acids is 1. The second-order valence-electron chi connectivity index (χ2n) is 6.87. The molecule has 0 saturated carbocycles. The number of hydrogen-bond donors (Lipinski definition) is 2. The zero-order valence-corrected chi connectivity index (χ0v) is 16.1. The van der Waals surface area contributed by atoms with E-state index in [-0.39, 0.29) is 41.4 Å². The number of Topliss-reactive ketones (excluding diaryl/α,β-unsaturated/α-hetero) is 1. The number of benzene rings is 3. The van der Waals surface area contributed by atoms with Crippen LogP contribution in [0.1, 0.15) is 22.3 Å². The summed E-state index contributed by atoms with van der Waals surface area (Å²) in [5.41, 5.74) is 1.49. The summed E-state index contributed by atoms with van der Waals surface area (Å²) in [6, 6.07) is 24.1. The Morgan fingerprint density at radius 1 is 0.733 bits per heavy atom. The average Bonchev–Trinajstić information content (AvgIpc) is 3.03. The van der Waals surface area contributed by atoms with Gasteiger partial charge in [0.05, 0.1) is 16.9 Å². The Kier molecular flexibility index (Phi) is 5.22. The van der Waals surface area contributed by atoms with Crippen molar-refractivity contribution in [1.82, 2.24) is 9.36 Å². The van der Waals surface area contributed by atoms with Gasteiger partial charge in [-0.1, -0.05) is 36.4 Å². The molecular formula is C24H20N2O4. The fraction of sp³-hybridized carbons (Fsp3) is 0.0833. The molecule has 0 bridgehead atoms. The third-order valence-electron chi connectivity index (χ3n) is 4.91. The van der Waals surface area contributed by atoms with Crippen LogP contribution in [0.15, 0.2) is 89.7 Å². The molecule has 0 unspecified atom stereocenters. The topological polar surface area (TPSA) is 84.5 Å². The van der Waals surface area contributed by atoms with Crippen molar-refractivity contribution in [3.63, 3.8) is 0 Å². The van der Waals surface area contributed by atoms with E-state index in [0.29, 0.717) is 16.9 Å². The first-order valence-electron chi connectivity index (χ1n) is 9.55. The van der Waals surface area contributed by atoms with E-state index in [2.05, 4.69) is 0 Å². The number of carbonyl (C=O) groups is 1. The lowest BCUT2D eigenvalue weighted by atomic mass is 10.0. The first-order valence-corrected chi connectivity index (χ1v) is 9.55. The third-order valence-corrected chi connectivity index (χ3v) is 4.91. The molecule has 6 nitrogen and oxygen atoms in total. The Morgan fingerprint density at radius 2 is 1.27 bits per heavy atom. The van der Waals surface area contributed by atoms with E-state index in [1.165, 1.54) is 33.6 Å². The fourth-order valence-corrected chi connectivity index (χ4v) is 3.39. The highest BCUT2D eigenvalue weighted by molar-refractivity contribution is 5.96. The fourth-order valence-electron chi connectivity index (χ4n) is 3.39. The standard InChI is InChI=1S/C24H20N2O4/c27-20-13-11-17(12-14-20)22(28)16-15-21-23(29)25(18-7-3-1-4-8-18)26(24(21)30)19-9-5-2-6-10-19/h1-14,27,29H,15-16H2. The van der Waals surface area contributed by atoms with Crippen LogP contribution >= 0.6 is 0 Å². The van der Waals surface area contributed by atoms with Gasteiger partial charge in [-0.25, -0.2) is 9.36 Å². The maximum atomic E-state index is 13.2. The molecule has 0 atom stereocenters. The molecule has 150 valence electrons. The number of phenolic OH excluding ortho intramolecular Hbond substituents is 1. The van der Waals surface area contributed by atoms with Gasteiger partial charge in [0.2, 0.25) is 5.88 Å². The summed E-state index contributed by atoms with van der Waals surface area (Å²) < 4.78 is 2.86. The molecule has 0 spiro atoms. The lowest BCUT2D eigenvalue weighted by Crippen LogP contribution is -2.22. The van der Waals surface area contributed by atoms with E-state index < -0.39 is 0 Å². The van der Waals surface area contributed by atoms with E-state index in [1.54, 1.807) is 24.3 Å². The van der Waals surface area contributed by atoms with Crippen LogP contribution in [0.2, 0.25) is 0 Å². The largest absolute Gasteiger partial charge is 0.508 e. The lowest BCUT2D eigenvalue weighted by Gasteiger charge is -2.12. The van der Waals surface area contributed by atoms with Crippen molar-refractivity contribution in [1.29, 1.82) is 0 Å². The number of aromatic nitrogens is 2. The van der Waals surface area contributed by atoms with E-state index in [1.807, 2.05) is 36.4 Å². The summed E-state index contributed by atoms with van der Waals surface area (Å²) in [4.78, 5) is 25.7. The highest BCUT2D eigenvalue weighted by Gasteiger charge is 2.22. The number of hydrogen-bond acceptors (Lipinski definition) is 4. The Morgan fingerprint density at radius 3 is 1.83 bits per heavy atom. The number of para-hydroxylation sites is 2. The molecule has 0 amide bonds. The van der Waals surface area contributed by atoms with Crippen LogP contribution in [0.5, 0.6) is 11.6 Å². The van der Waals surface area contributed by atoms with Gasteiger partial charge in [-0.2, -0.15) is 0 Å². The summed E-state index contributed by atoms with van der Waals surface area (Å²) in [5, 5.41) is 20.3. The van der Waals surface area contributed by atoms with Crippen LogP contribution in [-0.2, 0) is 6.42 Å². The summed E-state index contributed by atoms with van der Waals surface area (Å²) >= 11 is 0. The molecule has 1 heterocycles. The van der Waals surface area contributed by atoms with E-state index in [4.69, 9.17) is 0 Å². The molecule has 30 heavy (non-hydrogen) atoms. The second-order valence-corrected chi connectivity index (χ2v) is 6.87. The minimum absolute atomic E-state index is 0.0567. The molecule has 4 aromatic rings. The summed E-state index contributed by atoms with van der Waals surface area (Å²) in [6.45, 7) is 0. The van der Waals surface area contributed by atoms with Crippen molar-refractivity contribution in [3.05, 3.63) is 106 Å². The van der Waals surface area contributed by atoms with Gasteiger partial charge in [-0.15, -0.1) is 0 Å². The molecule has 6 heteroatoms. The SMILES string of the molecule is O=C(CCc1c(O)n(-c2ccccc2)n(-c2ccccc2)c1=O)c1ccc(O)cc1. The molecule has 4 rings (SSSR count). The van der Waals surface area contributed by atoms with Crippen molar-refractivity contribution in [3.8, 4) is 23.0 Å². The van der Waals surface area contributed by atoms with Crippen LogP contribution in [0.4, 0.5) is 0 Å². The summed E-state index contributed by atoms with van der Waals surface area (Å²) in [7, 11) is 0. The van der Waals surface area contributed by atoms with Gasteiger partial charge in [0.1, 0.15) is 5.75 Å². The molecular weight excluding hydrogens is 380 g/mol. The lowest BCUT2D eigenvalue weighted by molar-refractivity contribution is 0.0982. The molecule has 3 aromatic carbocycles. The summed E-state index contributed by atoms with van der Waals surface area (Å²) in [6.07, 6.45) is 0.151. The van der Waals surface area contributed by atoms with Crippen LogP contribution in [0.25, 0.3) is 11.4 Å².